The molecular formula is C10H12N4O. The van der Waals surface area contributed by atoms with Crippen molar-refractivity contribution >= 4 is 0 Å². The highest BCUT2D eigenvalue weighted by Gasteiger charge is 2.04. The van der Waals surface area contributed by atoms with Crippen LogP contribution in [-0.4, -0.2) is 19.7 Å². The van der Waals surface area contributed by atoms with Gasteiger partial charge in [-0.25, -0.2) is 4.98 Å². The van der Waals surface area contributed by atoms with E-state index in [4.69, 9.17) is 0 Å². The van der Waals surface area contributed by atoms with Crippen LogP contribution in [0.2, 0.25) is 0 Å². The van der Waals surface area contributed by atoms with Gasteiger partial charge in [-0.05, 0) is 13.8 Å². The molecule has 5 nitrogen and oxygen atoms in total. The molecule has 2 rings (SSSR count). The van der Waals surface area contributed by atoms with Gasteiger partial charge in [-0.3, -0.25) is 9.48 Å². The molecule has 0 fully saturated rings. The molecule has 78 valence electrons. The lowest BCUT2D eigenvalue weighted by Crippen LogP contribution is -2.08. The SMILES string of the molecule is CCn1cc(-c2nc(C)cc(=O)[nH]2)cn1. The number of nitrogens with zero attached hydrogens (tertiary/aromatic N) is 3. The van der Waals surface area contributed by atoms with Crippen molar-refractivity contribution in [2.75, 3.05) is 0 Å². The van der Waals surface area contributed by atoms with Crippen LogP contribution in [0.5, 0.6) is 0 Å². The summed E-state index contributed by atoms with van der Waals surface area (Å²) in [6, 6.07) is 1.47. The van der Waals surface area contributed by atoms with E-state index in [1.54, 1.807) is 17.8 Å². The van der Waals surface area contributed by atoms with Crippen molar-refractivity contribution in [1.29, 1.82) is 0 Å². The number of aromatic nitrogens is 4. The van der Waals surface area contributed by atoms with Gasteiger partial charge in [0, 0.05) is 24.5 Å². The summed E-state index contributed by atoms with van der Waals surface area (Å²) in [4.78, 5) is 18.2. The predicted octanol–water partition coefficient (Wildman–Crippen LogP) is 0.962. The van der Waals surface area contributed by atoms with Crippen LogP contribution in [0.15, 0.2) is 23.3 Å². The van der Waals surface area contributed by atoms with Crippen LogP contribution in [0.1, 0.15) is 12.6 Å². The van der Waals surface area contributed by atoms with E-state index in [1.807, 2.05) is 13.1 Å². The Morgan fingerprint density at radius 2 is 2.33 bits per heavy atom. The van der Waals surface area contributed by atoms with Crippen LogP contribution >= 0.6 is 0 Å². The Morgan fingerprint density at radius 3 is 2.93 bits per heavy atom. The van der Waals surface area contributed by atoms with Crippen molar-refractivity contribution in [3.8, 4) is 11.4 Å². The van der Waals surface area contributed by atoms with Crippen LogP contribution in [0, 0.1) is 6.92 Å². The predicted molar refractivity (Wildman–Crippen MR) is 56.5 cm³/mol. The molecule has 1 N–H and O–H groups in total. The summed E-state index contributed by atoms with van der Waals surface area (Å²) in [5.74, 6) is 0.569. The lowest BCUT2D eigenvalue weighted by Gasteiger charge is -1.97. The summed E-state index contributed by atoms with van der Waals surface area (Å²) in [6.07, 6.45) is 3.55. The first-order valence-corrected chi connectivity index (χ1v) is 4.80. The van der Waals surface area contributed by atoms with E-state index in [9.17, 15) is 4.79 Å². The molecule has 5 heteroatoms. The maximum absolute atomic E-state index is 11.2. The fourth-order valence-electron chi connectivity index (χ4n) is 1.37. The Bertz CT molecular complexity index is 526. The van der Waals surface area contributed by atoms with Gasteiger partial charge in [0.15, 0.2) is 0 Å². The molecular weight excluding hydrogens is 192 g/mol. The molecule has 0 saturated carbocycles. The lowest BCUT2D eigenvalue weighted by molar-refractivity contribution is 0.660. The summed E-state index contributed by atoms with van der Waals surface area (Å²) in [5, 5.41) is 4.13. The lowest BCUT2D eigenvalue weighted by atomic mass is 10.3. The summed E-state index contributed by atoms with van der Waals surface area (Å²) in [7, 11) is 0. The third kappa shape index (κ3) is 1.96. The fourth-order valence-corrected chi connectivity index (χ4v) is 1.37. The quantitative estimate of drug-likeness (QED) is 0.792. The van der Waals surface area contributed by atoms with Crippen molar-refractivity contribution in [2.45, 2.75) is 20.4 Å². The molecule has 2 aromatic heterocycles. The minimum Gasteiger partial charge on any atom is -0.306 e. The minimum atomic E-state index is -0.137. The molecule has 0 radical (unpaired) electrons. The summed E-state index contributed by atoms with van der Waals surface area (Å²) in [6.45, 7) is 4.60. The molecule has 2 heterocycles. The molecule has 0 spiro atoms. The molecule has 0 aromatic carbocycles. The molecule has 0 aliphatic rings. The van der Waals surface area contributed by atoms with E-state index in [0.29, 0.717) is 11.5 Å². The van der Waals surface area contributed by atoms with Gasteiger partial charge in [-0.1, -0.05) is 0 Å². The Morgan fingerprint density at radius 1 is 1.53 bits per heavy atom. The van der Waals surface area contributed by atoms with Crippen LogP contribution in [0.3, 0.4) is 0 Å². The number of aryl methyl sites for hydroxylation is 2. The zero-order chi connectivity index (χ0) is 10.8. The van der Waals surface area contributed by atoms with Crippen molar-refractivity contribution in [2.24, 2.45) is 0 Å². The maximum Gasteiger partial charge on any atom is 0.251 e. The first kappa shape index (κ1) is 9.64. The highest BCUT2D eigenvalue weighted by atomic mass is 16.1. The average Bonchev–Trinajstić information content (AvgIpc) is 2.64. The standard InChI is InChI=1S/C10H12N4O/c1-3-14-6-8(5-11-14)10-12-7(2)4-9(15)13-10/h4-6H,3H2,1-2H3,(H,12,13,15). The van der Waals surface area contributed by atoms with Gasteiger partial charge in [0.1, 0.15) is 5.82 Å². The number of H-pyrrole nitrogens is 1. The van der Waals surface area contributed by atoms with Crippen molar-refractivity contribution in [3.05, 3.63) is 34.5 Å². The number of nitrogens with one attached hydrogen (secondary N) is 1. The Hall–Kier alpha value is -1.91. The first-order valence-electron chi connectivity index (χ1n) is 4.80. The van der Waals surface area contributed by atoms with Gasteiger partial charge >= 0.3 is 0 Å². The largest absolute Gasteiger partial charge is 0.306 e. The number of hydrogen-bond donors (Lipinski definition) is 1. The average molecular weight is 204 g/mol. The van der Waals surface area contributed by atoms with Gasteiger partial charge < -0.3 is 4.98 Å². The van der Waals surface area contributed by atoms with E-state index in [-0.39, 0.29) is 5.56 Å². The third-order valence-corrected chi connectivity index (χ3v) is 2.10. The second-order valence-corrected chi connectivity index (χ2v) is 3.32. The van der Waals surface area contributed by atoms with Crippen LogP contribution in [0.25, 0.3) is 11.4 Å². The maximum atomic E-state index is 11.2. The van der Waals surface area contributed by atoms with E-state index in [2.05, 4.69) is 15.1 Å². The highest BCUT2D eigenvalue weighted by molar-refractivity contribution is 5.51. The molecule has 0 aliphatic carbocycles. The molecule has 0 bridgehead atoms. The molecule has 0 saturated heterocycles. The first-order chi connectivity index (χ1) is 7.19. The van der Waals surface area contributed by atoms with E-state index < -0.39 is 0 Å². The molecule has 0 aliphatic heterocycles. The topological polar surface area (TPSA) is 63.6 Å². The molecule has 15 heavy (non-hydrogen) atoms. The number of aromatic amines is 1. The smallest absolute Gasteiger partial charge is 0.251 e. The second kappa shape index (κ2) is 3.68. The molecule has 2 aromatic rings. The summed E-state index contributed by atoms with van der Waals surface area (Å²) in [5.41, 5.74) is 1.40. The highest BCUT2D eigenvalue weighted by Crippen LogP contribution is 2.11. The van der Waals surface area contributed by atoms with Crippen LogP contribution in [0.4, 0.5) is 0 Å². The van der Waals surface area contributed by atoms with Gasteiger partial charge in [0.2, 0.25) is 0 Å². The van der Waals surface area contributed by atoms with Gasteiger partial charge in [0.25, 0.3) is 5.56 Å². The van der Waals surface area contributed by atoms with Crippen molar-refractivity contribution in [3.63, 3.8) is 0 Å². The molecule has 0 unspecified atom stereocenters. The van der Waals surface area contributed by atoms with E-state index >= 15 is 0 Å². The normalized spacial score (nSPS) is 10.5. The minimum absolute atomic E-state index is 0.137. The Balaban J connectivity index is 2.48. The fraction of sp³-hybridized carbons (Fsp3) is 0.300. The van der Waals surface area contributed by atoms with Crippen molar-refractivity contribution < 1.29 is 0 Å². The number of rotatable bonds is 2. The van der Waals surface area contributed by atoms with Gasteiger partial charge in [-0.15, -0.1) is 0 Å². The summed E-state index contributed by atoms with van der Waals surface area (Å²) >= 11 is 0. The zero-order valence-electron chi connectivity index (χ0n) is 8.69. The number of hydrogen-bond acceptors (Lipinski definition) is 3. The summed E-state index contributed by atoms with van der Waals surface area (Å²) < 4.78 is 1.79. The van der Waals surface area contributed by atoms with Crippen LogP contribution < -0.4 is 5.56 Å². The monoisotopic (exact) mass is 204 g/mol. The van der Waals surface area contributed by atoms with Crippen LogP contribution in [-0.2, 0) is 6.54 Å². The van der Waals surface area contributed by atoms with E-state index in [1.165, 1.54) is 6.07 Å². The van der Waals surface area contributed by atoms with Gasteiger partial charge in [-0.2, -0.15) is 5.10 Å². The Labute approximate surface area is 86.8 Å². The van der Waals surface area contributed by atoms with Crippen molar-refractivity contribution in [1.82, 2.24) is 19.7 Å². The van der Waals surface area contributed by atoms with E-state index in [0.717, 1.165) is 12.1 Å². The molecule has 0 atom stereocenters. The second-order valence-electron chi connectivity index (χ2n) is 3.32. The third-order valence-electron chi connectivity index (χ3n) is 2.10. The zero-order valence-corrected chi connectivity index (χ0v) is 8.69. The van der Waals surface area contributed by atoms with Gasteiger partial charge in [0.05, 0.1) is 11.8 Å². The molecule has 0 amide bonds. The Kier molecular flexibility index (Phi) is 2.37.